The Morgan fingerprint density at radius 1 is 0.545 bits per heavy atom. The second-order valence-electron chi connectivity index (χ2n) is 21.9. The number of fused-ring (bicyclic) bond motifs is 3. The van der Waals surface area contributed by atoms with E-state index in [9.17, 15) is 70.5 Å². The van der Waals surface area contributed by atoms with E-state index >= 15 is 4.39 Å². The molecule has 0 amide bonds. The van der Waals surface area contributed by atoms with Crippen LogP contribution in [0.1, 0.15) is 5.56 Å². The van der Waals surface area contributed by atoms with Gasteiger partial charge in [0, 0.05) is 82.7 Å². The van der Waals surface area contributed by atoms with Gasteiger partial charge in [-0.25, -0.2) is 43.3 Å². The van der Waals surface area contributed by atoms with Crippen LogP contribution in [0.2, 0.25) is 15.1 Å². The van der Waals surface area contributed by atoms with Crippen LogP contribution in [0.4, 0.5) is 49.5 Å². The van der Waals surface area contributed by atoms with Gasteiger partial charge in [-0.05, 0) is 144 Å². The van der Waals surface area contributed by atoms with Gasteiger partial charge < -0.3 is 37.5 Å². The van der Waals surface area contributed by atoms with E-state index < -0.39 is 105 Å². The molecule has 0 saturated carbocycles. The first-order valence-corrected chi connectivity index (χ1v) is 40.8. The van der Waals surface area contributed by atoms with Gasteiger partial charge in [0.2, 0.25) is 34.8 Å². The summed E-state index contributed by atoms with van der Waals surface area (Å²) in [5, 5.41) is 13.4. The first-order chi connectivity index (χ1) is 53.2. The summed E-state index contributed by atoms with van der Waals surface area (Å²) in [4.78, 5) is 44.3. The summed E-state index contributed by atoms with van der Waals surface area (Å²) in [6, 6.07) is 40.2. The second-order valence-corrected chi connectivity index (χ2v) is 31.6. The molecular formula is C70H45BBr3Cl3F10N5O15P2S3. The van der Waals surface area contributed by atoms with Crippen molar-refractivity contribution in [1.29, 1.82) is 0 Å². The molecule has 9 aromatic carbocycles. The minimum atomic E-state index is -5.49. The highest BCUT2D eigenvalue weighted by molar-refractivity contribution is 9.11. The molecule has 583 valence electrons. The summed E-state index contributed by atoms with van der Waals surface area (Å²) in [5.74, 6) is -16.5. The first-order valence-electron chi connectivity index (χ1n) is 30.6. The molecule has 0 fully saturated rings. The Bertz CT molecular complexity index is 6140. The topological polar surface area (TPSA) is 259 Å². The number of anilines is 1. The van der Waals surface area contributed by atoms with Crippen molar-refractivity contribution in [2.45, 2.75) is 20.4 Å². The number of hydrogen-bond acceptors (Lipinski definition) is 17. The molecule has 0 aliphatic rings. The van der Waals surface area contributed by atoms with Gasteiger partial charge >= 0.3 is 17.8 Å². The summed E-state index contributed by atoms with van der Waals surface area (Å²) in [7, 11) is -6.35. The van der Waals surface area contributed by atoms with Crippen molar-refractivity contribution in [3.8, 4) is 45.8 Å². The number of pyridine rings is 3. The number of halogens is 16. The van der Waals surface area contributed by atoms with Gasteiger partial charge in [0.25, 0.3) is 26.7 Å². The second kappa shape index (κ2) is 38.4. The van der Waals surface area contributed by atoms with Crippen LogP contribution in [0.3, 0.4) is 0 Å². The summed E-state index contributed by atoms with van der Waals surface area (Å²) in [5.41, 5.74) is 0.785. The molecule has 2 atom stereocenters. The van der Waals surface area contributed by atoms with Crippen molar-refractivity contribution >= 4 is 178 Å². The Labute approximate surface area is 675 Å². The van der Waals surface area contributed by atoms with Crippen molar-refractivity contribution in [2.24, 2.45) is 0 Å². The van der Waals surface area contributed by atoms with Crippen molar-refractivity contribution in [3.05, 3.63) is 294 Å². The van der Waals surface area contributed by atoms with Crippen LogP contribution in [0.25, 0.3) is 49.8 Å². The number of ether oxygens (including phenoxy) is 3. The first kappa shape index (κ1) is 87.3. The summed E-state index contributed by atoms with van der Waals surface area (Å²) < 4.78 is 223. The molecule has 112 heavy (non-hydrogen) atoms. The molecule has 0 aliphatic heterocycles. The molecule has 13 aromatic rings. The lowest BCUT2D eigenvalue weighted by molar-refractivity contribution is 0.346. The normalized spacial score (nSPS) is 11.3. The number of thioether (sulfide) groups is 1. The van der Waals surface area contributed by atoms with Crippen molar-refractivity contribution < 1.29 is 98.0 Å². The molecule has 20 nitrogen and oxygen atoms in total. The molecule has 0 saturated heterocycles. The average Bonchev–Trinajstić information content (AvgIpc) is 0.811. The Kier molecular flexibility index (Phi) is 30.0. The minimum Gasteiger partial charge on any atom is -0.537 e. The van der Waals surface area contributed by atoms with Crippen LogP contribution in [-0.2, 0) is 25.9 Å². The lowest BCUT2D eigenvalue weighted by Gasteiger charge is -2.16. The lowest BCUT2D eigenvalue weighted by Crippen LogP contribution is -2.19. The Morgan fingerprint density at radius 2 is 0.973 bits per heavy atom. The average molecular weight is 1900 g/mol. The van der Waals surface area contributed by atoms with Crippen molar-refractivity contribution in [3.63, 3.8) is 0 Å². The van der Waals surface area contributed by atoms with Crippen LogP contribution < -0.4 is 44.4 Å². The van der Waals surface area contributed by atoms with Gasteiger partial charge in [0.15, 0.2) is 5.82 Å². The Hall–Kier alpha value is -8.68. The fourth-order valence-electron chi connectivity index (χ4n) is 10.1. The SMILES string of the molecule is COc1cc(Br)c(Cl)cc1-n1c(=O)ccc2cc(S(=O)(=O)Nc3ccon3)c(F)cc21.COc1cc(Br)c(Cl)cc1-n1c(=O)ccc2cc(S(=O)(=O)Oc3c(F)c(F)c(F)c(F)c3F)c(F)cc21.COc1cc(Br)c(Cl)cc1-n1c(=O)ccc2cc(SCc3ccccc3)c(F)cc21.OPPF.O[B]Oc1cccc(F)c1. The van der Waals surface area contributed by atoms with Gasteiger partial charge in [-0.15, -0.1) is 11.8 Å². The third-order valence-corrected chi connectivity index (χ3v) is 22.7. The third-order valence-electron chi connectivity index (χ3n) is 15.1. The predicted octanol–water partition coefficient (Wildman–Crippen LogP) is 19.0. The highest BCUT2D eigenvalue weighted by Crippen LogP contribution is 2.40. The van der Waals surface area contributed by atoms with Crippen LogP contribution in [-0.4, -0.2) is 74.6 Å². The number of nitrogens with one attached hydrogen (secondary N) is 1. The number of sulfonamides is 1. The molecule has 13 rings (SSSR count). The molecule has 4 aromatic heterocycles. The fraction of sp³-hybridized carbons (Fsp3) is 0.0571. The summed E-state index contributed by atoms with van der Waals surface area (Å²) in [6.07, 6.45) is 1.17. The van der Waals surface area contributed by atoms with E-state index in [0.29, 0.717) is 82.0 Å². The zero-order chi connectivity index (χ0) is 81.8. The number of rotatable bonds is 18. The molecule has 4 heterocycles. The van der Waals surface area contributed by atoms with Crippen LogP contribution in [0.5, 0.6) is 28.7 Å². The standard InChI is InChI=1S/C23H16BrClFNO2S.C22H9BrClF6NO5S.C19H12BrClFN3O5S.C6H5BFO2.FH3OP2/c1-29-21-10-16(24)17(25)11-20(21)27-19-12-18(26)22(9-15(19)7-8-23(27)28)30-13-14-5-3-2-4-6-14;1-35-14-5-9(23)10(24)6-13(14)31-12-7-11(25)15(4-8(12)2-3-16(31)32)37(33,34)36-22-20(29)18(27)17(26)19(28)21(22)30;1-29-16-7-11(20)12(21)8-15(16)25-14-9-13(22)17(6-10(14)2-3-19(25)26)31(27,28)24-18-4-5-30-23-18;8-5-2-1-3-6(4-5)10-7-9;1-3-4-2/h2-12H,13H2,1H3;2-7H,1H3;2-9H,1H3,(H,23,24);1-4,9H;2-4H. The quantitative estimate of drug-likeness (QED) is 0.0137. The number of aromatic nitrogens is 4. The van der Waals surface area contributed by atoms with Crippen LogP contribution in [0.15, 0.2) is 223 Å². The van der Waals surface area contributed by atoms with Gasteiger partial charge in [-0.3, -0.25) is 32.8 Å². The summed E-state index contributed by atoms with van der Waals surface area (Å²) >= 11 is 29.8. The zero-order valence-electron chi connectivity index (χ0n) is 56.3. The highest BCUT2D eigenvalue weighted by atomic mass is 79.9. The largest absolute Gasteiger partial charge is 0.569 e. The smallest absolute Gasteiger partial charge is 0.537 e. The van der Waals surface area contributed by atoms with E-state index in [1.165, 1.54) is 121 Å². The van der Waals surface area contributed by atoms with E-state index in [1.807, 2.05) is 30.3 Å². The summed E-state index contributed by atoms with van der Waals surface area (Å²) in [6.45, 7) is 0. The van der Waals surface area contributed by atoms with E-state index in [-0.39, 0.29) is 67.3 Å². The molecule has 0 spiro atoms. The van der Waals surface area contributed by atoms with Crippen molar-refractivity contribution in [1.82, 2.24) is 18.9 Å². The number of nitrogens with zero attached hydrogens (tertiary/aromatic N) is 4. The molecular weight excluding hydrogens is 1860 g/mol. The highest BCUT2D eigenvalue weighted by Gasteiger charge is 2.33. The van der Waals surface area contributed by atoms with E-state index in [4.69, 9.17) is 58.9 Å². The zero-order valence-corrected chi connectivity index (χ0v) is 67.8. The monoisotopic (exact) mass is 1900 g/mol. The maximum absolute atomic E-state index is 15.1. The van der Waals surface area contributed by atoms with E-state index in [1.54, 1.807) is 30.3 Å². The molecule has 1 radical (unpaired) electrons. The molecule has 0 aliphatic carbocycles. The lowest BCUT2D eigenvalue weighted by atomic mass is 10.2. The minimum absolute atomic E-state index is 0.0546. The van der Waals surface area contributed by atoms with Crippen LogP contribution >= 0.6 is 111 Å². The maximum Gasteiger partial charge on any atom is 0.569 e. The third kappa shape index (κ3) is 20.3. The van der Waals surface area contributed by atoms with Gasteiger partial charge in [0.05, 0.1) is 78.5 Å². The molecule has 42 heteroatoms. The van der Waals surface area contributed by atoms with Gasteiger partial charge in [-0.1, -0.05) is 76.4 Å². The van der Waals surface area contributed by atoms with Crippen molar-refractivity contribution in [2.75, 3.05) is 26.1 Å². The molecule has 2 unspecified atom stereocenters. The fourth-order valence-corrected chi connectivity index (χ4v) is 14.6. The molecule has 3 N–H and O–H groups in total. The molecule has 0 bridgehead atoms. The Balaban J connectivity index is 0.000000178. The van der Waals surface area contributed by atoms with Gasteiger partial charge in [0.1, 0.15) is 70.9 Å². The van der Waals surface area contributed by atoms with Gasteiger partial charge in [-0.2, -0.15) is 17.2 Å². The number of hydrogen-bond donors (Lipinski definition) is 3. The van der Waals surface area contributed by atoms with Crippen LogP contribution in [0, 0.1) is 52.4 Å². The van der Waals surface area contributed by atoms with E-state index in [0.717, 1.165) is 39.8 Å². The maximum atomic E-state index is 15.1. The Morgan fingerprint density at radius 3 is 1.39 bits per heavy atom. The van der Waals surface area contributed by atoms with E-state index in [2.05, 4.69) is 71.0 Å². The number of methoxy groups -OCH3 is 3. The number of benzene rings is 9. The predicted molar refractivity (Wildman–Crippen MR) is 419 cm³/mol.